The minimum absolute atomic E-state index is 0.360. The summed E-state index contributed by atoms with van der Waals surface area (Å²) >= 11 is 6.11. The highest BCUT2D eigenvalue weighted by Gasteiger charge is 2.24. The molecule has 2 aromatic rings. The first-order valence-electron chi connectivity index (χ1n) is 11.1. The van der Waals surface area contributed by atoms with Gasteiger partial charge in [0.1, 0.15) is 0 Å². The topological polar surface area (TPSA) is 60.5 Å². The largest absolute Gasteiger partial charge is 0.379 e. The molecule has 1 saturated heterocycles. The molecule has 1 amide bonds. The molecule has 5 nitrogen and oxygen atoms in total. The fourth-order valence-corrected chi connectivity index (χ4v) is 4.53. The lowest BCUT2D eigenvalue weighted by Crippen LogP contribution is -2.37. The summed E-state index contributed by atoms with van der Waals surface area (Å²) in [6.07, 6.45) is 5.41. The summed E-state index contributed by atoms with van der Waals surface area (Å²) in [5.41, 5.74) is 10.7. The number of nitrogens with two attached hydrogens (primary N) is 1. The number of primary amides is 1. The molecule has 2 N–H and O–H groups in total. The van der Waals surface area contributed by atoms with Gasteiger partial charge in [0.15, 0.2) is 0 Å². The SMILES string of the molecule is CCCCCc1c(-c2ccc(Cl)cc2)c(C(N)=O)c(C)n1CCCN1CCOCC1. The third-order valence-electron chi connectivity index (χ3n) is 5.99. The summed E-state index contributed by atoms with van der Waals surface area (Å²) < 4.78 is 7.79. The first kappa shape index (κ1) is 22.9. The summed E-state index contributed by atoms with van der Waals surface area (Å²) in [6.45, 7) is 9.79. The molecule has 0 bridgehead atoms. The molecule has 0 spiro atoms. The fourth-order valence-electron chi connectivity index (χ4n) is 4.41. The van der Waals surface area contributed by atoms with E-state index in [1.54, 1.807) is 0 Å². The van der Waals surface area contributed by atoms with Gasteiger partial charge in [0.25, 0.3) is 5.91 Å². The summed E-state index contributed by atoms with van der Waals surface area (Å²) in [6, 6.07) is 7.74. The van der Waals surface area contributed by atoms with Crippen molar-refractivity contribution in [1.82, 2.24) is 9.47 Å². The van der Waals surface area contributed by atoms with Crippen LogP contribution < -0.4 is 5.73 Å². The molecule has 0 saturated carbocycles. The van der Waals surface area contributed by atoms with Gasteiger partial charge >= 0.3 is 0 Å². The lowest BCUT2D eigenvalue weighted by molar-refractivity contribution is 0.0369. The van der Waals surface area contributed by atoms with Crippen LogP contribution in [-0.2, 0) is 17.7 Å². The minimum Gasteiger partial charge on any atom is -0.379 e. The number of hydrogen-bond donors (Lipinski definition) is 1. The third-order valence-corrected chi connectivity index (χ3v) is 6.24. The molecule has 0 atom stereocenters. The average molecular weight is 432 g/mol. The number of halogens is 1. The van der Waals surface area contributed by atoms with Crippen LogP contribution in [0.1, 0.15) is 54.4 Å². The fraction of sp³-hybridized carbons (Fsp3) is 0.542. The molecule has 3 rings (SSSR count). The molecule has 1 aliphatic heterocycles. The van der Waals surface area contributed by atoms with Gasteiger partial charge in [-0.15, -0.1) is 0 Å². The van der Waals surface area contributed by atoms with E-state index in [9.17, 15) is 4.79 Å². The van der Waals surface area contributed by atoms with E-state index in [0.29, 0.717) is 10.6 Å². The van der Waals surface area contributed by atoms with Gasteiger partial charge < -0.3 is 15.0 Å². The van der Waals surface area contributed by atoms with Crippen molar-refractivity contribution in [2.45, 2.75) is 52.5 Å². The first-order chi connectivity index (χ1) is 14.5. The molecule has 1 aliphatic rings. The number of carbonyl (C=O) groups is 1. The summed E-state index contributed by atoms with van der Waals surface area (Å²) in [5, 5.41) is 0.688. The van der Waals surface area contributed by atoms with Gasteiger partial charge in [-0.3, -0.25) is 9.69 Å². The summed E-state index contributed by atoms with van der Waals surface area (Å²) in [5.74, 6) is -0.360. The Balaban J connectivity index is 1.93. The molecule has 1 aromatic heterocycles. The zero-order chi connectivity index (χ0) is 21.5. The van der Waals surface area contributed by atoms with Crippen LogP contribution in [0.4, 0.5) is 0 Å². The van der Waals surface area contributed by atoms with Crippen LogP contribution in [0.2, 0.25) is 5.02 Å². The number of hydrogen-bond acceptors (Lipinski definition) is 3. The van der Waals surface area contributed by atoms with Crippen LogP contribution in [0.3, 0.4) is 0 Å². The van der Waals surface area contributed by atoms with Gasteiger partial charge in [-0.25, -0.2) is 0 Å². The van der Waals surface area contributed by atoms with Crippen molar-refractivity contribution in [3.63, 3.8) is 0 Å². The van der Waals surface area contributed by atoms with Crippen LogP contribution in [0.5, 0.6) is 0 Å². The number of amides is 1. The molecular formula is C24H34ClN3O2. The lowest BCUT2D eigenvalue weighted by Gasteiger charge is -2.26. The van der Waals surface area contributed by atoms with Gasteiger partial charge in [0, 0.05) is 48.2 Å². The highest BCUT2D eigenvalue weighted by Crippen LogP contribution is 2.34. The number of unbranched alkanes of at least 4 members (excludes halogenated alkanes) is 2. The maximum atomic E-state index is 12.5. The van der Waals surface area contributed by atoms with E-state index in [1.165, 1.54) is 12.1 Å². The highest BCUT2D eigenvalue weighted by molar-refractivity contribution is 6.30. The van der Waals surface area contributed by atoms with Crippen LogP contribution in [-0.4, -0.2) is 48.2 Å². The number of benzene rings is 1. The smallest absolute Gasteiger partial charge is 0.251 e. The Hall–Kier alpha value is -1.82. The van der Waals surface area contributed by atoms with Crippen LogP contribution in [0, 0.1) is 6.92 Å². The molecule has 0 aliphatic carbocycles. The number of ether oxygens (including phenoxy) is 1. The van der Waals surface area contributed by atoms with Crippen molar-refractivity contribution in [3.05, 3.63) is 46.2 Å². The number of rotatable bonds is 10. The van der Waals surface area contributed by atoms with E-state index in [-0.39, 0.29) is 5.91 Å². The van der Waals surface area contributed by atoms with Crippen LogP contribution in [0.25, 0.3) is 11.1 Å². The van der Waals surface area contributed by atoms with Crippen LogP contribution >= 0.6 is 11.6 Å². The van der Waals surface area contributed by atoms with Gasteiger partial charge in [-0.05, 0) is 43.9 Å². The molecule has 0 radical (unpaired) electrons. The van der Waals surface area contributed by atoms with Gasteiger partial charge in [0.2, 0.25) is 0 Å². The monoisotopic (exact) mass is 431 g/mol. The number of nitrogens with zero attached hydrogens (tertiary/aromatic N) is 2. The second-order valence-corrected chi connectivity index (χ2v) is 8.51. The van der Waals surface area contributed by atoms with Crippen molar-refractivity contribution in [1.29, 1.82) is 0 Å². The molecule has 30 heavy (non-hydrogen) atoms. The predicted molar refractivity (Wildman–Crippen MR) is 123 cm³/mol. The summed E-state index contributed by atoms with van der Waals surface area (Å²) in [4.78, 5) is 14.9. The maximum Gasteiger partial charge on any atom is 0.251 e. The van der Waals surface area contributed by atoms with Crippen molar-refractivity contribution >= 4 is 17.5 Å². The Bertz CT molecular complexity index is 839. The number of morpholine rings is 1. The zero-order valence-electron chi connectivity index (χ0n) is 18.3. The van der Waals surface area contributed by atoms with Crippen molar-refractivity contribution in [3.8, 4) is 11.1 Å². The second kappa shape index (κ2) is 11.0. The first-order valence-corrected chi connectivity index (χ1v) is 11.5. The van der Waals surface area contributed by atoms with Crippen LogP contribution in [0.15, 0.2) is 24.3 Å². The lowest BCUT2D eigenvalue weighted by atomic mass is 9.97. The van der Waals surface area contributed by atoms with Gasteiger partial charge in [-0.1, -0.05) is 43.5 Å². The Morgan fingerprint density at radius 1 is 1.10 bits per heavy atom. The van der Waals surface area contributed by atoms with Gasteiger partial charge in [-0.2, -0.15) is 0 Å². The Kier molecular flexibility index (Phi) is 8.37. The van der Waals surface area contributed by atoms with Crippen molar-refractivity contribution < 1.29 is 9.53 Å². The summed E-state index contributed by atoms with van der Waals surface area (Å²) in [7, 11) is 0. The molecule has 1 aromatic carbocycles. The molecule has 164 valence electrons. The minimum atomic E-state index is -0.360. The van der Waals surface area contributed by atoms with E-state index >= 15 is 0 Å². The van der Waals surface area contributed by atoms with Crippen molar-refractivity contribution in [2.24, 2.45) is 5.73 Å². The zero-order valence-corrected chi connectivity index (χ0v) is 19.0. The van der Waals surface area contributed by atoms with E-state index < -0.39 is 0 Å². The predicted octanol–water partition coefficient (Wildman–Crippen LogP) is 4.67. The quantitative estimate of drug-likeness (QED) is 0.556. The van der Waals surface area contributed by atoms with E-state index in [0.717, 1.165) is 81.9 Å². The molecular weight excluding hydrogens is 398 g/mol. The Morgan fingerprint density at radius 3 is 2.43 bits per heavy atom. The number of carbonyl (C=O) groups excluding carboxylic acids is 1. The van der Waals surface area contributed by atoms with Gasteiger partial charge in [0.05, 0.1) is 18.8 Å². The maximum absolute atomic E-state index is 12.5. The van der Waals surface area contributed by atoms with E-state index in [2.05, 4.69) is 16.4 Å². The molecule has 1 fully saturated rings. The molecule has 2 heterocycles. The van der Waals surface area contributed by atoms with E-state index in [1.807, 2.05) is 31.2 Å². The Morgan fingerprint density at radius 2 is 1.80 bits per heavy atom. The normalized spacial score (nSPS) is 14.9. The Labute approximate surface area is 185 Å². The average Bonchev–Trinajstić information content (AvgIpc) is 3.01. The van der Waals surface area contributed by atoms with E-state index in [4.69, 9.17) is 22.1 Å². The number of aromatic nitrogens is 1. The van der Waals surface area contributed by atoms with Crippen molar-refractivity contribution in [2.75, 3.05) is 32.8 Å². The standard InChI is InChI=1S/C24H34ClN3O2/c1-3-4-5-7-21-23(19-8-10-20(25)11-9-19)22(24(26)29)18(2)28(21)13-6-12-27-14-16-30-17-15-27/h8-11H,3-7,12-17H2,1-2H3,(H2,26,29). The molecule has 0 unspecified atom stereocenters. The third kappa shape index (κ3) is 5.45. The second-order valence-electron chi connectivity index (χ2n) is 8.07. The highest BCUT2D eigenvalue weighted by atomic mass is 35.5. The molecule has 6 heteroatoms.